The van der Waals surface area contributed by atoms with Crippen LogP contribution in [-0.4, -0.2) is 22.2 Å². The molecule has 6 fully saturated rings. The number of carboxylic acids is 2. The van der Waals surface area contributed by atoms with E-state index in [9.17, 15) is 19.8 Å². The third-order valence-electron chi connectivity index (χ3n) is 7.01. The minimum absolute atomic E-state index is 0.186. The molecular weight excluding hydrogens is 208 g/mol. The molecule has 8 atom stereocenters. The van der Waals surface area contributed by atoms with E-state index in [1.807, 2.05) is 0 Å². The Kier molecular flexibility index (Phi) is 0.865. The molecule has 16 heavy (non-hydrogen) atoms. The molecule has 4 bridgehead atoms. The first-order valence-electron chi connectivity index (χ1n) is 6.05. The van der Waals surface area contributed by atoms with Crippen molar-refractivity contribution in [1.29, 1.82) is 0 Å². The van der Waals surface area contributed by atoms with Gasteiger partial charge in [-0.1, -0.05) is 0 Å². The Morgan fingerprint density at radius 1 is 1.06 bits per heavy atom. The Morgan fingerprint density at radius 2 is 1.81 bits per heavy atom. The molecule has 0 saturated heterocycles. The first kappa shape index (κ1) is 8.09. The van der Waals surface area contributed by atoms with Gasteiger partial charge in [0.25, 0.3) is 0 Å². The van der Waals surface area contributed by atoms with Crippen molar-refractivity contribution in [3.8, 4) is 0 Å². The summed E-state index contributed by atoms with van der Waals surface area (Å²) in [6.07, 6.45) is 1.65. The van der Waals surface area contributed by atoms with Crippen LogP contribution < -0.4 is 0 Å². The van der Waals surface area contributed by atoms with Crippen LogP contribution in [0.4, 0.5) is 0 Å². The molecule has 8 unspecified atom stereocenters. The summed E-state index contributed by atoms with van der Waals surface area (Å²) in [5.41, 5.74) is -1.72. The molecule has 4 heteroatoms. The number of carbonyl (C=O) groups is 2. The van der Waals surface area contributed by atoms with Gasteiger partial charge in [0.2, 0.25) is 0 Å². The Bertz CT molecular complexity index is 485. The van der Waals surface area contributed by atoms with Gasteiger partial charge in [0.05, 0.1) is 10.8 Å². The van der Waals surface area contributed by atoms with Crippen LogP contribution in [0.3, 0.4) is 0 Å². The molecule has 2 N–H and O–H groups in total. The largest absolute Gasteiger partial charge is 0.481 e. The minimum Gasteiger partial charge on any atom is -0.481 e. The molecule has 0 spiro atoms. The summed E-state index contributed by atoms with van der Waals surface area (Å²) in [6.45, 7) is 0. The summed E-state index contributed by atoms with van der Waals surface area (Å²) in [5, 5.41) is 19.1. The fourth-order valence-electron chi connectivity index (χ4n) is 7.18. The molecule has 0 radical (unpaired) electrons. The van der Waals surface area contributed by atoms with Crippen LogP contribution in [0.5, 0.6) is 0 Å². The summed E-state index contributed by atoms with van der Waals surface area (Å²) in [7, 11) is 0. The predicted octanol–water partition coefficient (Wildman–Crippen LogP) is 0.674. The van der Waals surface area contributed by atoms with Crippen molar-refractivity contribution in [3.05, 3.63) is 0 Å². The third-order valence-corrected chi connectivity index (χ3v) is 7.01. The van der Waals surface area contributed by atoms with Crippen LogP contribution >= 0.6 is 0 Å². The topological polar surface area (TPSA) is 74.6 Å². The molecule has 0 heterocycles. The first-order chi connectivity index (χ1) is 7.58. The Hall–Kier alpha value is -1.06. The van der Waals surface area contributed by atoms with E-state index in [1.54, 1.807) is 0 Å². The molecule has 0 aromatic heterocycles. The second kappa shape index (κ2) is 1.71. The fourth-order valence-corrected chi connectivity index (χ4v) is 7.18. The Balaban J connectivity index is 1.84. The molecule has 84 valence electrons. The zero-order chi connectivity index (χ0) is 11.0. The highest BCUT2D eigenvalue weighted by atomic mass is 16.4. The predicted molar refractivity (Wildman–Crippen MR) is 50.3 cm³/mol. The van der Waals surface area contributed by atoms with Crippen molar-refractivity contribution in [1.82, 2.24) is 0 Å². The van der Waals surface area contributed by atoms with E-state index in [2.05, 4.69) is 0 Å². The summed E-state index contributed by atoms with van der Waals surface area (Å²) < 4.78 is 0. The van der Waals surface area contributed by atoms with E-state index < -0.39 is 22.8 Å². The Labute approximate surface area is 91.6 Å². The lowest BCUT2D eigenvalue weighted by molar-refractivity contribution is -0.287. The second-order valence-electron chi connectivity index (χ2n) is 6.45. The lowest BCUT2D eigenvalue weighted by atomic mass is 9.28. The maximum atomic E-state index is 11.7. The van der Waals surface area contributed by atoms with E-state index in [-0.39, 0.29) is 17.8 Å². The normalized spacial score (nSPS) is 70.2. The highest BCUT2D eigenvalue weighted by Gasteiger charge is 3.00. The molecule has 4 nitrogen and oxygen atoms in total. The zero-order valence-electron chi connectivity index (χ0n) is 8.59. The average molecular weight is 220 g/mol. The van der Waals surface area contributed by atoms with Crippen molar-refractivity contribution in [2.45, 2.75) is 12.8 Å². The molecule has 0 amide bonds. The van der Waals surface area contributed by atoms with E-state index in [0.29, 0.717) is 24.2 Å². The van der Waals surface area contributed by atoms with Gasteiger partial charge in [-0.3, -0.25) is 9.59 Å². The SMILES string of the molecule is O=C(O)C12CC3C4C5CC3C1(C(=O)O)C5C42. The fraction of sp³-hybridized carbons (Fsp3) is 0.833. The van der Waals surface area contributed by atoms with Gasteiger partial charge in [-0.05, 0) is 48.3 Å². The molecule has 6 saturated carbocycles. The van der Waals surface area contributed by atoms with Gasteiger partial charge in [0.15, 0.2) is 0 Å². The first-order valence-corrected chi connectivity index (χ1v) is 6.05. The van der Waals surface area contributed by atoms with Crippen molar-refractivity contribution in [3.63, 3.8) is 0 Å². The van der Waals surface area contributed by atoms with Crippen molar-refractivity contribution in [2.75, 3.05) is 0 Å². The average Bonchev–Trinajstić information content (AvgIpc) is 2.64. The van der Waals surface area contributed by atoms with Crippen LogP contribution in [0.2, 0.25) is 0 Å². The number of aliphatic carboxylic acids is 2. The summed E-state index contributed by atoms with van der Waals surface area (Å²) in [4.78, 5) is 23.3. The number of hydrogen-bond donors (Lipinski definition) is 2. The number of hydrogen-bond acceptors (Lipinski definition) is 2. The molecule has 6 rings (SSSR count). The van der Waals surface area contributed by atoms with Crippen molar-refractivity contribution in [2.24, 2.45) is 46.3 Å². The van der Waals surface area contributed by atoms with Gasteiger partial charge < -0.3 is 10.2 Å². The highest BCUT2D eigenvalue weighted by molar-refractivity contribution is 5.94. The Morgan fingerprint density at radius 3 is 2.44 bits per heavy atom. The molecular formula is C12H12O4. The van der Waals surface area contributed by atoms with E-state index in [0.717, 1.165) is 6.42 Å². The monoisotopic (exact) mass is 220 g/mol. The molecule has 0 aliphatic heterocycles. The highest BCUT2D eigenvalue weighted by Crippen LogP contribution is 2.97. The van der Waals surface area contributed by atoms with Gasteiger partial charge in [-0.25, -0.2) is 0 Å². The van der Waals surface area contributed by atoms with Crippen LogP contribution in [0, 0.1) is 46.3 Å². The lowest BCUT2D eigenvalue weighted by Crippen LogP contribution is -2.78. The van der Waals surface area contributed by atoms with Gasteiger partial charge in [-0.2, -0.15) is 0 Å². The van der Waals surface area contributed by atoms with Gasteiger partial charge in [-0.15, -0.1) is 0 Å². The van der Waals surface area contributed by atoms with E-state index in [4.69, 9.17) is 0 Å². The van der Waals surface area contributed by atoms with Gasteiger partial charge in [0.1, 0.15) is 0 Å². The van der Waals surface area contributed by atoms with E-state index in [1.165, 1.54) is 0 Å². The third kappa shape index (κ3) is 0.367. The standard InChI is InChI=1S/C12H12O4/c13-9(14)11-2-4-5-1-3-6(4)8(11)7(3)12(5,11)10(15)16/h3-8H,1-2H2,(H,13,14)(H,15,16). The van der Waals surface area contributed by atoms with Crippen molar-refractivity contribution >= 4 is 11.9 Å². The molecule has 6 aliphatic carbocycles. The maximum Gasteiger partial charge on any atom is 0.311 e. The number of carboxylic acid groups (broad SMARTS) is 2. The number of rotatable bonds is 2. The lowest BCUT2D eigenvalue weighted by Gasteiger charge is -2.72. The van der Waals surface area contributed by atoms with Gasteiger partial charge >= 0.3 is 11.9 Å². The summed E-state index contributed by atoms with van der Waals surface area (Å²) in [5.74, 6) is 0.539. The minimum atomic E-state index is -0.865. The van der Waals surface area contributed by atoms with Crippen LogP contribution in [0.25, 0.3) is 0 Å². The zero-order valence-corrected chi connectivity index (χ0v) is 8.59. The second-order valence-corrected chi connectivity index (χ2v) is 6.45. The smallest absolute Gasteiger partial charge is 0.311 e. The van der Waals surface area contributed by atoms with Crippen LogP contribution in [0.1, 0.15) is 12.8 Å². The van der Waals surface area contributed by atoms with Crippen LogP contribution in [-0.2, 0) is 9.59 Å². The van der Waals surface area contributed by atoms with Crippen LogP contribution in [0.15, 0.2) is 0 Å². The molecule has 6 aliphatic rings. The molecule has 0 aromatic rings. The molecule has 0 aromatic carbocycles. The summed E-state index contributed by atoms with van der Waals surface area (Å²) in [6, 6.07) is 0. The van der Waals surface area contributed by atoms with E-state index >= 15 is 0 Å². The maximum absolute atomic E-state index is 11.7. The van der Waals surface area contributed by atoms with Gasteiger partial charge in [0, 0.05) is 0 Å². The van der Waals surface area contributed by atoms with Crippen molar-refractivity contribution < 1.29 is 19.8 Å². The summed E-state index contributed by atoms with van der Waals surface area (Å²) >= 11 is 0. The quantitative estimate of drug-likeness (QED) is 0.717.